The lowest BCUT2D eigenvalue weighted by atomic mass is 9.98. The Morgan fingerprint density at radius 3 is 2.41 bits per heavy atom. The molecule has 29 heavy (non-hydrogen) atoms. The SMILES string of the molecule is Cc1cc2cc(C(c3nnnn3C(C)(C)C)N3CCCCC3)c(=O)[nH]c2cc1C. The van der Waals surface area contributed by atoms with Crippen LogP contribution in [0.4, 0.5) is 0 Å². The largest absolute Gasteiger partial charge is 0.322 e. The zero-order chi connectivity index (χ0) is 20.8. The van der Waals surface area contributed by atoms with Crippen molar-refractivity contribution in [2.75, 3.05) is 13.1 Å². The van der Waals surface area contributed by atoms with Crippen LogP contribution in [0.25, 0.3) is 10.9 Å². The average Bonchev–Trinajstić information content (AvgIpc) is 3.15. The van der Waals surface area contributed by atoms with Crippen LogP contribution in [0.2, 0.25) is 0 Å². The summed E-state index contributed by atoms with van der Waals surface area (Å²) in [5, 5.41) is 13.7. The number of benzene rings is 1. The highest BCUT2D eigenvalue weighted by Gasteiger charge is 2.33. The number of nitrogens with zero attached hydrogens (tertiary/aromatic N) is 5. The fourth-order valence-corrected chi connectivity index (χ4v) is 4.21. The van der Waals surface area contributed by atoms with Crippen LogP contribution in [0, 0.1) is 13.8 Å². The third-order valence-electron chi connectivity index (χ3n) is 5.91. The van der Waals surface area contributed by atoms with Gasteiger partial charge in [0.05, 0.1) is 5.54 Å². The van der Waals surface area contributed by atoms with Gasteiger partial charge in [-0.15, -0.1) is 5.10 Å². The highest BCUT2D eigenvalue weighted by atomic mass is 16.1. The second-order valence-corrected chi connectivity index (χ2v) is 9.20. The molecular formula is C22H30N6O. The third kappa shape index (κ3) is 3.71. The second-order valence-electron chi connectivity index (χ2n) is 9.20. The molecule has 1 atom stereocenters. The molecule has 1 fully saturated rings. The zero-order valence-electron chi connectivity index (χ0n) is 18.0. The van der Waals surface area contributed by atoms with E-state index >= 15 is 0 Å². The number of rotatable bonds is 3. The van der Waals surface area contributed by atoms with Crippen molar-refractivity contribution in [3.8, 4) is 0 Å². The number of aromatic nitrogens is 5. The van der Waals surface area contributed by atoms with Crippen LogP contribution in [-0.4, -0.2) is 43.2 Å². The number of likely N-dealkylation sites (tertiary alicyclic amines) is 1. The second kappa shape index (κ2) is 7.37. The minimum atomic E-state index is -0.274. The summed E-state index contributed by atoms with van der Waals surface area (Å²) in [6.45, 7) is 12.3. The van der Waals surface area contributed by atoms with Crippen molar-refractivity contribution in [1.29, 1.82) is 0 Å². The fourth-order valence-electron chi connectivity index (χ4n) is 4.21. The first-order valence-electron chi connectivity index (χ1n) is 10.4. The summed E-state index contributed by atoms with van der Waals surface area (Å²) in [6.07, 6.45) is 3.47. The smallest absolute Gasteiger partial charge is 0.253 e. The fraction of sp³-hybridized carbons (Fsp3) is 0.545. The minimum Gasteiger partial charge on any atom is -0.322 e. The molecule has 0 aliphatic carbocycles. The van der Waals surface area contributed by atoms with Gasteiger partial charge >= 0.3 is 0 Å². The molecule has 7 nitrogen and oxygen atoms in total. The highest BCUT2D eigenvalue weighted by molar-refractivity contribution is 5.81. The number of tetrazole rings is 1. The van der Waals surface area contributed by atoms with E-state index in [0.717, 1.165) is 42.7 Å². The van der Waals surface area contributed by atoms with Crippen molar-refractivity contribution in [1.82, 2.24) is 30.1 Å². The number of hydrogen-bond donors (Lipinski definition) is 1. The topological polar surface area (TPSA) is 79.7 Å². The first-order chi connectivity index (χ1) is 13.8. The Hall–Kier alpha value is -2.54. The van der Waals surface area contributed by atoms with Gasteiger partial charge in [-0.2, -0.15) is 0 Å². The van der Waals surface area contributed by atoms with Gasteiger partial charge in [-0.3, -0.25) is 9.69 Å². The Morgan fingerprint density at radius 2 is 1.72 bits per heavy atom. The zero-order valence-corrected chi connectivity index (χ0v) is 18.0. The van der Waals surface area contributed by atoms with Crippen LogP contribution in [0.5, 0.6) is 0 Å². The molecular weight excluding hydrogens is 364 g/mol. The summed E-state index contributed by atoms with van der Waals surface area (Å²) in [6, 6.07) is 5.95. The summed E-state index contributed by atoms with van der Waals surface area (Å²) < 4.78 is 1.86. The summed E-state index contributed by atoms with van der Waals surface area (Å²) in [5.74, 6) is 0.730. The maximum absolute atomic E-state index is 13.2. The van der Waals surface area contributed by atoms with E-state index in [-0.39, 0.29) is 17.1 Å². The van der Waals surface area contributed by atoms with Gasteiger partial charge in [-0.1, -0.05) is 6.42 Å². The lowest BCUT2D eigenvalue weighted by molar-refractivity contribution is 0.170. The van der Waals surface area contributed by atoms with E-state index in [1.807, 2.05) is 16.8 Å². The summed E-state index contributed by atoms with van der Waals surface area (Å²) in [4.78, 5) is 18.7. The lowest BCUT2D eigenvalue weighted by Crippen LogP contribution is -2.40. The van der Waals surface area contributed by atoms with Crippen molar-refractivity contribution >= 4 is 10.9 Å². The molecule has 1 aromatic carbocycles. The summed E-state index contributed by atoms with van der Waals surface area (Å²) in [7, 11) is 0. The van der Waals surface area contributed by atoms with Crippen LogP contribution >= 0.6 is 0 Å². The number of piperidine rings is 1. The summed E-state index contributed by atoms with van der Waals surface area (Å²) in [5.41, 5.74) is 3.62. The maximum atomic E-state index is 13.2. The Labute approximate surface area is 171 Å². The highest BCUT2D eigenvalue weighted by Crippen LogP contribution is 2.31. The normalized spacial score (nSPS) is 17.0. The van der Waals surface area contributed by atoms with Gasteiger partial charge in [0.2, 0.25) is 0 Å². The quantitative estimate of drug-likeness (QED) is 0.736. The van der Waals surface area contributed by atoms with Crippen LogP contribution in [0.1, 0.15) is 68.6 Å². The average molecular weight is 395 g/mol. The Balaban J connectivity index is 1.92. The molecule has 4 rings (SSSR count). The lowest BCUT2D eigenvalue weighted by Gasteiger charge is -2.35. The molecule has 3 aromatic rings. The van der Waals surface area contributed by atoms with Gasteiger partial charge in [-0.05, 0) is 106 Å². The summed E-state index contributed by atoms with van der Waals surface area (Å²) >= 11 is 0. The minimum absolute atomic E-state index is 0.0696. The van der Waals surface area contributed by atoms with Crippen LogP contribution in [-0.2, 0) is 5.54 Å². The standard InChI is InChI=1S/C22H30N6O/c1-14-11-16-13-17(21(29)23-18(16)12-15(14)2)19(27-9-7-6-8-10-27)20-24-25-26-28(20)22(3,4)5/h11-13,19H,6-10H2,1-5H3,(H,23,29). The van der Waals surface area contributed by atoms with Crippen LogP contribution in [0.3, 0.4) is 0 Å². The molecule has 0 spiro atoms. The van der Waals surface area contributed by atoms with Gasteiger partial charge in [0.25, 0.3) is 5.56 Å². The molecule has 3 heterocycles. The van der Waals surface area contributed by atoms with Crippen molar-refractivity contribution in [3.63, 3.8) is 0 Å². The first-order valence-corrected chi connectivity index (χ1v) is 10.4. The van der Waals surface area contributed by atoms with E-state index in [9.17, 15) is 4.79 Å². The molecule has 7 heteroatoms. The van der Waals surface area contributed by atoms with Gasteiger partial charge in [0.15, 0.2) is 5.82 Å². The van der Waals surface area contributed by atoms with Gasteiger partial charge in [-0.25, -0.2) is 4.68 Å². The number of hydrogen-bond acceptors (Lipinski definition) is 5. The Morgan fingerprint density at radius 1 is 1.03 bits per heavy atom. The van der Waals surface area contributed by atoms with Gasteiger partial charge < -0.3 is 4.98 Å². The first kappa shape index (κ1) is 19.8. The van der Waals surface area contributed by atoms with E-state index in [1.165, 1.54) is 17.5 Å². The number of aromatic amines is 1. The number of pyridine rings is 1. The molecule has 0 radical (unpaired) electrons. The molecule has 1 unspecified atom stereocenters. The molecule has 2 aromatic heterocycles. The molecule has 0 amide bonds. The molecule has 1 N–H and O–H groups in total. The predicted molar refractivity (Wildman–Crippen MR) is 114 cm³/mol. The number of aryl methyl sites for hydroxylation is 2. The Kier molecular flexibility index (Phi) is 5.02. The molecule has 1 aliphatic rings. The van der Waals surface area contributed by atoms with Crippen molar-refractivity contribution in [3.05, 3.63) is 51.1 Å². The van der Waals surface area contributed by atoms with Crippen LogP contribution in [0.15, 0.2) is 23.0 Å². The maximum Gasteiger partial charge on any atom is 0.253 e. The molecule has 0 saturated carbocycles. The molecule has 0 bridgehead atoms. The van der Waals surface area contributed by atoms with Gasteiger partial charge in [0.1, 0.15) is 6.04 Å². The van der Waals surface area contributed by atoms with E-state index in [2.05, 4.69) is 66.1 Å². The third-order valence-corrected chi connectivity index (χ3v) is 5.91. The number of nitrogens with one attached hydrogen (secondary N) is 1. The molecule has 1 saturated heterocycles. The number of H-pyrrole nitrogens is 1. The van der Waals surface area contributed by atoms with E-state index in [1.54, 1.807) is 0 Å². The van der Waals surface area contributed by atoms with E-state index in [4.69, 9.17) is 0 Å². The predicted octanol–water partition coefficient (Wildman–Crippen LogP) is 3.46. The van der Waals surface area contributed by atoms with E-state index in [0.29, 0.717) is 5.56 Å². The number of fused-ring (bicyclic) bond motifs is 1. The Bertz CT molecular complexity index is 1080. The molecule has 154 valence electrons. The van der Waals surface area contributed by atoms with Gasteiger partial charge in [0, 0.05) is 11.1 Å². The molecule has 1 aliphatic heterocycles. The van der Waals surface area contributed by atoms with Crippen molar-refractivity contribution in [2.45, 2.75) is 65.5 Å². The van der Waals surface area contributed by atoms with Crippen LogP contribution < -0.4 is 5.56 Å². The monoisotopic (exact) mass is 394 g/mol. The van der Waals surface area contributed by atoms with Crippen molar-refractivity contribution < 1.29 is 0 Å². The van der Waals surface area contributed by atoms with Crippen molar-refractivity contribution in [2.24, 2.45) is 0 Å². The van der Waals surface area contributed by atoms with E-state index < -0.39 is 0 Å².